The van der Waals surface area contributed by atoms with Crippen LogP contribution in [0, 0.1) is 11.8 Å². The summed E-state index contributed by atoms with van der Waals surface area (Å²) in [5, 5.41) is 4.29. The molecular weight excluding hydrogens is 322 g/mol. The van der Waals surface area contributed by atoms with Crippen LogP contribution in [0.25, 0.3) is 6.08 Å². The van der Waals surface area contributed by atoms with E-state index in [9.17, 15) is 0 Å². The van der Waals surface area contributed by atoms with E-state index in [4.69, 9.17) is 11.6 Å². The molecule has 0 radical (unpaired) electrons. The second-order valence-electron chi connectivity index (χ2n) is 5.56. The molecule has 0 spiro atoms. The monoisotopic (exact) mass is 343 g/mol. The molecule has 0 aliphatic carbocycles. The van der Waals surface area contributed by atoms with E-state index in [0.717, 1.165) is 28.1 Å². The number of rotatable bonds is 6. The molecule has 0 aliphatic heterocycles. The quantitative estimate of drug-likeness (QED) is 0.729. The molecule has 1 nitrogen and oxygen atoms in total. The third-order valence-electron chi connectivity index (χ3n) is 2.93. The SMILES string of the molecule is CC(C)CNC/C(=C/c1ccc(Br)cc1Cl)C(C)C. The number of benzene rings is 1. The Morgan fingerprint density at radius 1 is 1.32 bits per heavy atom. The highest BCUT2D eigenvalue weighted by Crippen LogP contribution is 2.24. The van der Waals surface area contributed by atoms with Crippen molar-refractivity contribution in [2.45, 2.75) is 27.7 Å². The summed E-state index contributed by atoms with van der Waals surface area (Å²) in [6.07, 6.45) is 2.20. The fourth-order valence-electron chi connectivity index (χ4n) is 1.75. The lowest BCUT2D eigenvalue weighted by molar-refractivity contribution is 0.558. The van der Waals surface area contributed by atoms with E-state index in [2.05, 4.69) is 61.1 Å². The summed E-state index contributed by atoms with van der Waals surface area (Å²) in [6, 6.07) is 6.02. The number of halogens is 2. The van der Waals surface area contributed by atoms with Crippen molar-refractivity contribution in [1.29, 1.82) is 0 Å². The first kappa shape index (κ1) is 16.7. The van der Waals surface area contributed by atoms with Gasteiger partial charge in [0, 0.05) is 16.0 Å². The third-order valence-corrected chi connectivity index (χ3v) is 3.75. The average molecular weight is 345 g/mol. The Kier molecular flexibility index (Phi) is 7.12. The van der Waals surface area contributed by atoms with Crippen LogP contribution in [-0.4, -0.2) is 13.1 Å². The molecule has 0 saturated heterocycles. The van der Waals surface area contributed by atoms with Crippen LogP contribution in [0.15, 0.2) is 28.2 Å². The van der Waals surface area contributed by atoms with Gasteiger partial charge < -0.3 is 5.32 Å². The lowest BCUT2D eigenvalue weighted by Crippen LogP contribution is -2.23. The average Bonchev–Trinajstić information content (AvgIpc) is 2.30. The summed E-state index contributed by atoms with van der Waals surface area (Å²) in [7, 11) is 0. The molecule has 0 bridgehead atoms. The summed E-state index contributed by atoms with van der Waals surface area (Å²) < 4.78 is 1.01. The van der Waals surface area contributed by atoms with E-state index in [1.165, 1.54) is 5.57 Å². The molecular formula is C16H23BrClN. The van der Waals surface area contributed by atoms with Crippen LogP contribution in [-0.2, 0) is 0 Å². The van der Waals surface area contributed by atoms with Crippen LogP contribution in [0.3, 0.4) is 0 Å². The van der Waals surface area contributed by atoms with Crippen LogP contribution in [0.1, 0.15) is 33.3 Å². The van der Waals surface area contributed by atoms with Gasteiger partial charge in [-0.25, -0.2) is 0 Å². The van der Waals surface area contributed by atoms with Crippen molar-refractivity contribution in [3.8, 4) is 0 Å². The van der Waals surface area contributed by atoms with Gasteiger partial charge in [-0.05, 0) is 36.1 Å². The first-order valence-corrected chi connectivity index (χ1v) is 7.93. The Morgan fingerprint density at radius 2 is 2.00 bits per heavy atom. The molecule has 0 amide bonds. The Labute approximate surface area is 130 Å². The van der Waals surface area contributed by atoms with Crippen LogP contribution in [0.2, 0.25) is 5.02 Å². The Morgan fingerprint density at radius 3 is 2.53 bits per heavy atom. The van der Waals surface area contributed by atoms with Gasteiger partial charge in [0.1, 0.15) is 0 Å². The van der Waals surface area contributed by atoms with Gasteiger partial charge in [0.05, 0.1) is 0 Å². The smallest absolute Gasteiger partial charge is 0.0489 e. The zero-order chi connectivity index (χ0) is 14.4. The van der Waals surface area contributed by atoms with Crippen molar-refractivity contribution in [1.82, 2.24) is 5.32 Å². The molecule has 0 unspecified atom stereocenters. The van der Waals surface area contributed by atoms with Crippen molar-refractivity contribution in [2.24, 2.45) is 11.8 Å². The molecule has 19 heavy (non-hydrogen) atoms. The maximum Gasteiger partial charge on any atom is 0.0489 e. The van der Waals surface area contributed by atoms with Crippen LogP contribution < -0.4 is 5.32 Å². The fraction of sp³-hybridized carbons (Fsp3) is 0.500. The largest absolute Gasteiger partial charge is 0.313 e. The predicted octanol–water partition coefficient (Wildman–Crippen LogP) is 5.39. The lowest BCUT2D eigenvalue weighted by Gasteiger charge is -2.14. The maximum atomic E-state index is 6.27. The molecule has 0 heterocycles. The van der Waals surface area contributed by atoms with E-state index < -0.39 is 0 Å². The lowest BCUT2D eigenvalue weighted by atomic mass is 10.00. The molecule has 1 aromatic carbocycles. The maximum absolute atomic E-state index is 6.27. The van der Waals surface area contributed by atoms with Crippen molar-refractivity contribution in [2.75, 3.05) is 13.1 Å². The second-order valence-corrected chi connectivity index (χ2v) is 6.89. The van der Waals surface area contributed by atoms with E-state index in [1.807, 2.05) is 12.1 Å². The minimum Gasteiger partial charge on any atom is -0.313 e. The van der Waals surface area contributed by atoms with Gasteiger partial charge in [-0.15, -0.1) is 0 Å². The van der Waals surface area contributed by atoms with E-state index >= 15 is 0 Å². The van der Waals surface area contributed by atoms with Gasteiger partial charge in [0.15, 0.2) is 0 Å². The first-order chi connectivity index (χ1) is 8.90. The molecule has 1 aromatic rings. The highest BCUT2D eigenvalue weighted by atomic mass is 79.9. The molecule has 0 saturated carbocycles. The highest BCUT2D eigenvalue weighted by Gasteiger charge is 2.06. The van der Waals surface area contributed by atoms with Gasteiger partial charge in [-0.3, -0.25) is 0 Å². The summed E-state index contributed by atoms with van der Waals surface area (Å²) in [4.78, 5) is 0. The van der Waals surface area contributed by atoms with Crippen LogP contribution in [0.5, 0.6) is 0 Å². The van der Waals surface area contributed by atoms with Gasteiger partial charge in [0.2, 0.25) is 0 Å². The summed E-state index contributed by atoms with van der Waals surface area (Å²) in [5.74, 6) is 1.18. The van der Waals surface area contributed by atoms with Gasteiger partial charge in [-0.2, -0.15) is 0 Å². The van der Waals surface area contributed by atoms with E-state index in [1.54, 1.807) is 0 Å². The molecule has 3 heteroatoms. The molecule has 0 aromatic heterocycles. The Hall–Kier alpha value is -0.310. The molecule has 1 N–H and O–H groups in total. The minimum atomic E-state index is 0.513. The van der Waals surface area contributed by atoms with Crippen LogP contribution in [0.4, 0.5) is 0 Å². The Bertz CT molecular complexity index is 438. The fourth-order valence-corrected chi connectivity index (χ4v) is 2.47. The predicted molar refractivity (Wildman–Crippen MR) is 89.7 cm³/mol. The zero-order valence-corrected chi connectivity index (χ0v) is 14.5. The molecule has 106 valence electrons. The summed E-state index contributed by atoms with van der Waals surface area (Å²) in [6.45, 7) is 10.8. The van der Waals surface area contributed by atoms with Crippen LogP contribution >= 0.6 is 27.5 Å². The van der Waals surface area contributed by atoms with Crippen molar-refractivity contribution >= 4 is 33.6 Å². The summed E-state index contributed by atoms with van der Waals surface area (Å²) >= 11 is 9.70. The topological polar surface area (TPSA) is 12.0 Å². The molecule has 0 fully saturated rings. The van der Waals surface area contributed by atoms with Gasteiger partial charge in [-0.1, -0.05) is 72.9 Å². The zero-order valence-electron chi connectivity index (χ0n) is 12.1. The second kappa shape index (κ2) is 8.08. The van der Waals surface area contributed by atoms with Gasteiger partial charge >= 0.3 is 0 Å². The summed E-state index contributed by atoms with van der Waals surface area (Å²) in [5.41, 5.74) is 2.46. The normalized spacial score (nSPS) is 12.5. The molecule has 0 aliphatic rings. The van der Waals surface area contributed by atoms with Crippen molar-refractivity contribution in [3.05, 3.63) is 38.8 Å². The minimum absolute atomic E-state index is 0.513. The van der Waals surface area contributed by atoms with Crippen molar-refractivity contribution < 1.29 is 0 Å². The number of nitrogens with one attached hydrogen (secondary N) is 1. The number of hydrogen-bond donors (Lipinski definition) is 1. The Balaban J connectivity index is 2.82. The molecule has 0 atom stereocenters. The van der Waals surface area contributed by atoms with Gasteiger partial charge in [0.25, 0.3) is 0 Å². The van der Waals surface area contributed by atoms with E-state index in [-0.39, 0.29) is 0 Å². The number of hydrogen-bond acceptors (Lipinski definition) is 1. The highest BCUT2D eigenvalue weighted by molar-refractivity contribution is 9.10. The van der Waals surface area contributed by atoms with Crippen molar-refractivity contribution in [3.63, 3.8) is 0 Å². The first-order valence-electron chi connectivity index (χ1n) is 6.76. The third kappa shape index (κ3) is 6.11. The van der Waals surface area contributed by atoms with E-state index in [0.29, 0.717) is 11.8 Å². The standard InChI is InChI=1S/C16H23BrClN/c1-11(2)9-19-10-14(12(3)4)7-13-5-6-15(17)8-16(13)18/h5-8,11-12,19H,9-10H2,1-4H3/b14-7-. The molecule has 1 rings (SSSR count).